The van der Waals surface area contributed by atoms with Gasteiger partial charge in [0.05, 0.1) is 33.8 Å². The van der Waals surface area contributed by atoms with Crippen LogP contribution in [0, 0.1) is 6.92 Å². The second kappa shape index (κ2) is 9.07. The van der Waals surface area contributed by atoms with Gasteiger partial charge >= 0.3 is 0 Å². The number of aromatic nitrogens is 2. The van der Waals surface area contributed by atoms with E-state index in [1.807, 2.05) is 44.2 Å². The van der Waals surface area contributed by atoms with E-state index in [1.54, 1.807) is 27.7 Å². The van der Waals surface area contributed by atoms with Gasteiger partial charge in [-0.05, 0) is 44.0 Å². The Kier molecular flexibility index (Phi) is 6.39. The van der Waals surface area contributed by atoms with Crippen LogP contribution in [0.25, 0.3) is 16.6 Å². The summed E-state index contributed by atoms with van der Waals surface area (Å²) < 4.78 is 25.3. The van der Waals surface area contributed by atoms with Gasteiger partial charge in [-0.3, -0.25) is 14.2 Å². The molecular formula is C23H25N3O4S2. The minimum Gasteiger partial charge on any atom is -0.338 e. The molecule has 1 aromatic heterocycles. The Morgan fingerprint density at radius 3 is 2.59 bits per heavy atom. The Morgan fingerprint density at radius 1 is 1.19 bits per heavy atom. The summed E-state index contributed by atoms with van der Waals surface area (Å²) >= 11 is 1.20. The standard InChI is InChI=1S/C23H25N3O4S2/c1-3-25(17-12-13-32(29,30)15-17)21(27)14-31-23-24-19-10-6-5-9-18(19)22(28)26(23)20-11-7-4-8-16(20)2/h4-11,17H,3,12-15H2,1-2H3/t17-/m0/s1. The molecule has 0 unspecified atom stereocenters. The first kappa shape index (κ1) is 22.5. The number of hydrogen-bond donors (Lipinski definition) is 0. The summed E-state index contributed by atoms with van der Waals surface area (Å²) in [5, 5.41) is 0.948. The molecule has 0 radical (unpaired) electrons. The largest absolute Gasteiger partial charge is 0.338 e. The summed E-state index contributed by atoms with van der Waals surface area (Å²) in [7, 11) is -3.09. The molecule has 2 heterocycles. The zero-order chi connectivity index (χ0) is 22.9. The molecule has 1 amide bonds. The van der Waals surface area contributed by atoms with Crippen LogP contribution in [0.1, 0.15) is 18.9 Å². The molecule has 1 atom stereocenters. The van der Waals surface area contributed by atoms with Crippen molar-refractivity contribution in [3.05, 3.63) is 64.4 Å². The lowest BCUT2D eigenvalue weighted by Gasteiger charge is -2.26. The summed E-state index contributed by atoms with van der Waals surface area (Å²) in [5.41, 5.74) is 2.03. The van der Waals surface area contributed by atoms with Crippen molar-refractivity contribution in [2.45, 2.75) is 31.5 Å². The van der Waals surface area contributed by atoms with Crippen LogP contribution in [0.15, 0.2) is 58.5 Å². The number of sulfone groups is 1. The number of amides is 1. The Bertz CT molecular complexity index is 1330. The molecule has 1 saturated heterocycles. The van der Waals surface area contributed by atoms with Crippen molar-refractivity contribution in [1.29, 1.82) is 0 Å². The van der Waals surface area contributed by atoms with Gasteiger partial charge in [-0.25, -0.2) is 13.4 Å². The fraction of sp³-hybridized carbons (Fsp3) is 0.348. The van der Waals surface area contributed by atoms with Crippen LogP contribution in [-0.4, -0.2) is 58.6 Å². The van der Waals surface area contributed by atoms with E-state index in [9.17, 15) is 18.0 Å². The number of rotatable bonds is 6. The molecule has 0 aliphatic carbocycles. The van der Waals surface area contributed by atoms with Gasteiger partial charge in [0.15, 0.2) is 15.0 Å². The van der Waals surface area contributed by atoms with Crippen LogP contribution in [0.2, 0.25) is 0 Å². The monoisotopic (exact) mass is 471 g/mol. The van der Waals surface area contributed by atoms with Crippen molar-refractivity contribution in [2.75, 3.05) is 23.8 Å². The third kappa shape index (κ3) is 4.45. The predicted octanol–water partition coefficient (Wildman–Crippen LogP) is 2.82. The van der Waals surface area contributed by atoms with Gasteiger partial charge in [0.1, 0.15) is 0 Å². The maximum absolute atomic E-state index is 13.4. The number of carbonyl (C=O) groups is 1. The highest BCUT2D eigenvalue weighted by atomic mass is 32.2. The molecule has 9 heteroatoms. The maximum Gasteiger partial charge on any atom is 0.266 e. The van der Waals surface area contributed by atoms with Crippen molar-refractivity contribution in [2.24, 2.45) is 0 Å². The third-order valence-electron chi connectivity index (χ3n) is 5.74. The Hall–Kier alpha value is -2.65. The molecule has 7 nitrogen and oxygen atoms in total. The summed E-state index contributed by atoms with van der Waals surface area (Å²) in [6, 6.07) is 14.4. The van der Waals surface area contributed by atoms with Crippen molar-refractivity contribution >= 4 is 38.4 Å². The smallest absolute Gasteiger partial charge is 0.266 e. The first-order valence-corrected chi connectivity index (χ1v) is 13.3. The van der Waals surface area contributed by atoms with E-state index < -0.39 is 9.84 Å². The van der Waals surface area contributed by atoms with Crippen LogP contribution >= 0.6 is 11.8 Å². The number of para-hydroxylation sites is 2. The lowest BCUT2D eigenvalue weighted by molar-refractivity contribution is -0.129. The normalized spacial score (nSPS) is 17.5. The average molecular weight is 472 g/mol. The summed E-state index contributed by atoms with van der Waals surface area (Å²) in [5.74, 6) is 0.0482. The highest BCUT2D eigenvalue weighted by Gasteiger charge is 2.34. The number of carbonyl (C=O) groups excluding carboxylic acids is 1. The molecule has 1 aliphatic heterocycles. The van der Waals surface area contributed by atoms with E-state index in [0.29, 0.717) is 29.0 Å². The molecular weight excluding hydrogens is 446 g/mol. The fourth-order valence-corrected chi connectivity index (χ4v) is 6.73. The molecule has 2 aromatic carbocycles. The molecule has 0 N–H and O–H groups in total. The molecule has 3 aromatic rings. The Morgan fingerprint density at radius 2 is 1.91 bits per heavy atom. The number of hydrogen-bond acceptors (Lipinski definition) is 6. The van der Waals surface area contributed by atoms with Gasteiger partial charge in [-0.15, -0.1) is 0 Å². The molecule has 0 spiro atoms. The summed E-state index contributed by atoms with van der Waals surface area (Å²) in [4.78, 5) is 32.7. The zero-order valence-corrected chi connectivity index (χ0v) is 19.7. The van der Waals surface area contributed by atoms with Crippen LogP contribution < -0.4 is 5.56 Å². The highest BCUT2D eigenvalue weighted by Crippen LogP contribution is 2.25. The van der Waals surface area contributed by atoms with E-state index in [2.05, 4.69) is 0 Å². The van der Waals surface area contributed by atoms with Gasteiger partial charge in [-0.2, -0.15) is 0 Å². The maximum atomic E-state index is 13.4. The summed E-state index contributed by atoms with van der Waals surface area (Å²) in [6.07, 6.45) is 0.467. The van der Waals surface area contributed by atoms with E-state index in [0.717, 1.165) is 11.3 Å². The minimum atomic E-state index is -3.09. The number of aryl methyl sites for hydroxylation is 1. The van der Waals surface area contributed by atoms with Crippen molar-refractivity contribution in [3.63, 3.8) is 0 Å². The van der Waals surface area contributed by atoms with E-state index in [-0.39, 0.29) is 34.8 Å². The highest BCUT2D eigenvalue weighted by molar-refractivity contribution is 7.99. The molecule has 1 aliphatic rings. The predicted molar refractivity (Wildman–Crippen MR) is 127 cm³/mol. The number of benzene rings is 2. The SMILES string of the molecule is CCN(C(=O)CSc1nc2ccccc2c(=O)n1-c1ccccc1C)[C@H]1CCS(=O)(=O)C1. The van der Waals surface area contributed by atoms with E-state index in [1.165, 1.54) is 11.8 Å². The molecule has 0 bridgehead atoms. The van der Waals surface area contributed by atoms with Gasteiger partial charge < -0.3 is 4.90 Å². The topological polar surface area (TPSA) is 89.3 Å². The van der Waals surface area contributed by atoms with Crippen LogP contribution in [-0.2, 0) is 14.6 Å². The number of fused-ring (bicyclic) bond motifs is 1. The number of nitrogens with zero attached hydrogens (tertiary/aromatic N) is 3. The van der Waals surface area contributed by atoms with Gasteiger partial charge in [0, 0.05) is 12.6 Å². The van der Waals surface area contributed by atoms with Crippen LogP contribution in [0.3, 0.4) is 0 Å². The fourth-order valence-electron chi connectivity index (χ4n) is 4.10. The lowest BCUT2D eigenvalue weighted by atomic mass is 10.2. The Balaban J connectivity index is 1.68. The molecule has 4 rings (SSSR count). The molecule has 0 saturated carbocycles. The van der Waals surface area contributed by atoms with Crippen LogP contribution in [0.4, 0.5) is 0 Å². The Labute approximate surface area is 191 Å². The second-order valence-electron chi connectivity index (χ2n) is 7.86. The van der Waals surface area contributed by atoms with Gasteiger partial charge in [0.25, 0.3) is 5.56 Å². The summed E-state index contributed by atoms with van der Waals surface area (Å²) in [6.45, 7) is 4.22. The second-order valence-corrected chi connectivity index (χ2v) is 11.0. The first-order chi connectivity index (χ1) is 15.3. The molecule has 1 fully saturated rings. The minimum absolute atomic E-state index is 0.0133. The van der Waals surface area contributed by atoms with Crippen LogP contribution in [0.5, 0.6) is 0 Å². The van der Waals surface area contributed by atoms with Crippen molar-refractivity contribution in [1.82, 2.24) is 14.5 Å². The van der Waals surface area contributed by atoms with Crippen molar-refractivity contribution in [3.8, 4) is 5.69 Å². The molecule has 32 heavy (non-hydrogen) atoms. The average Bonchev–Trinajstić information content (AvgIpc) is 3.13. The van der Waals surface area contributed by atoms with E-state index >= 15 is 0 Å². The third-order valence-corrected chi connectivity index (χ3v) is 8.41. The van der Waals surface area contributed by atoms with Crippen molar-refractivity contribution < 1.29 is 13.2 Å². The molecule has 168 valence electrons. The first-order valence-electron chi connectivity index (χ1n) is 10.5. The zero-order valence-electron chi connectivity index (χ0n) is 18.0. The van der Waals surface area contributed by atoms with Gasteiger partial charge in [0.2, 0.25) is 5.91 Å². The van der Waals surface area contributed by atoms with E-state index in [4.69, 9.17) is 4.98 Å². The quantitative estimate of drug-likeness (QED) is 0.406. The number of thioether (sulfide) groups is 1. The lowest BCUT2D eigenvalue weighted by Crippen LogP contribution is -2.42. The van der Waals surface area contributed by atoms with Gasteiger partial charge in [-0.1, -0.05) is 42.1 Å².